The Labute approximate surface area is 132 Å². The lowest BCUT2D eigenvalue weighted by molar-refractivity contribution is -0.123. The summed E-state index contributed by atoms with van der Waals surface area (Å²) >= 11 is 0. The average molecular weight is 304 g/mol. The zero-order chi connectivity index (χ0) is 15.5. The number of nitrogens with one attached hydrogen (secondary N) is 1. The van der Waals surface area contributed by atoms with E-state index < -0.39 is 0 Å². The number of nitrogens with zero attached hydrogens (tertiary/aromatic N) is 2. The number of amides is 1. The van der Waals surface area contributed by atoms with E-state index in [-0.39, 0.29) is 18.0 Å². The van der Waals surface area contributed by atoms with E-state index in [0.29, 0.717) is 5.92 Å². The monoisotopic (exact) mass is 304 g/mol. The molecule has 0 radical (unpaired) electrons. The normalized spacial score (nSPS) is 23.8. The van der Waals surface area contributed by atoms with Crippen molar-refractivity contribution in [3.63, 3.8) is 0 Å². The SMILES string of the molecule is Cn1ncc2c1CCCC2NC(=O)C(N)CC1CCCCC1. The van der Waals surface area contributed by atoms with Crippen LogP contribution < -0.4 is 11.1 Å². The van der Waals surface area contributed by atoms with Crippen molar-refractivity contribution >= 4 is 5.91 Å². The molecule has 2 unspecified atom stereocenters. The van der Waals surface area contributed by atoms with Crippen LogP contribution in [-0.2, 0) is 18.3 Å². The van der Waals surface area contributed by atoms with Crippen LogP contribution in [0.2, 0.25) is 0 Å². The molecule has 1 aromatic heterocycles. The molecule has 22 heavy (non-hydrogen) atoms. The third-order valence-corrected chi connectivity index (χ3v) is 5.34. The molecule has 1 aromatic rings. The molecule has 0 bridgehead atoms. The predicted octanol–water partition coefficient (Wildman–Crippen LogP) is 2.21. The van der Waals surface area contributed by atoms with Crippen molar-refractivity contribution in [3.05, 3.63) is 17.5 Å². The van der Waals surface area contributed by atoms with E-state index in [1.807, 2.05) is 17.9 Å². The summed E-state index contributed by atoms with van der Waals surface area (Å²) in [6.45, 7) is 0. The van der Waals surface area contributed by atoms with Gasteiger partial charge in [0.2, 0.25) is 5.91 Å². The second kappa shape index (κ2) is 6.82. The maximum absolute atomic E-state index is 12.4. The maximum Gasteiger partial charge on any atom is 0.237 e. The van der Waals surface area contributed by atoms with Gasteiger partial charge in [0.15, 0.2) is 0 Å². The molecule has 1 saturated carbocycles. The van der Waals surface area contributed by atoms with Gasteiger partial charge in [0.25, 0.3) is 0 Å². The van der Waals surface area contributed by atoms with Gasteiger partial charge in [-0.2, -0.15) is 5.10 Å². The maximum atomic E-state index is 12.4. The van der Waals surface area contributed by atoms with Crippen molar-refractivity contribution in [2.24, 2.45) is 18.7 Å². The van der Waals surface area contributed by atoms with Crippen LogP contribution in [0.25, 0.3) is 0 Å². The van der Waals surface area contributed by atoms with Crippen LogP contribution in [0.15, 0.2) is 6.20 Å². The molecule has 122 valence electrons. The summed E-state index contributed by atoms with van der Waals surface area (Å²) in [7, 11) is 1.97. The highest BCUT2D eigenvalue weighted by atomic mass is 16.2. The summed E-state index contributed by atoms with van der Waals surface area (Å²) in [6.07, 6.45) is 12.2. The highest BCUT2D eigenvalue weighted by molar-refractivity contribution is 5.82. The molecule has 2 atom stereocenters. The molecule has 0 aromatic carbocycles. The first kappa shape index (κ1) is 15.5. The number of carbonyl (C=O) groups is 1. The van der Waals surface area contributed by atoms with Crippen molar-refractivity contribution in [1.82, 2.24) is 15.1 Å². The smallest absolute Gasteiger partial charge is 0.237 e. The molecule has 3 N–H and O–H groups in total. The minimum absolute atomic E-state index is 0.00674. The van der Waals surface area contributed by atoms with Crippen LogP contribution in [0, 0.1) is 5.92 Å². The van der Waals surface area contributed by atoms with E-state index in [1.54, 1.807) is 0 Å². The molecule has 0 aliphatic heterocycles. The van der Waals surface area contributed by atoms with Crippen LogP contribution in [0.5, 0.6) is 0 Å². The molecule has 0 saturated heterocycles. The number of fused-ring (bicyclic) bond motifs is 1. The largest absolute Gasteiger partial charge is 0.348 e. The highest BCUT2D eigenvalue weighted by Crippen LogP contribution is 2.30. The Balaban J connectivity index is 1.57. The lowest BCUT2D eigenvalue weighted by Gasteiger charge is -2.27. The molecule has 1 amide bonds. The van der Waals surface area contributed by atoms with Crippen molar-refractivity contribution in [3.8, 4) is 0 Å². The van der Waals surface area contributed by atoms with Gasteiger partial charge in [0.1, 0.15) is 0 Å². The van der Waals surface area contributed by atoms with Crippen LogP contribution in [0.1, 0.15) is 68.7 Å². The van der Waals surface area contributed by atoms with Crippen molar-refractivity contribution in [2.45, 2.75) is 69.9 Å². The summed E-state index contributed by atoms with van der Waals surface area (Å²) in [5, 5.41) is 7.49. The predicted molar refractivity (Wildman–Crippen MR) is 86.2 cm³/mol. The van der Waals surface area contributed by atoms with Gasteiger partial charge in [-0.05, 0) is 31.6 Å². The Kier molecular flexibility index (Phi) is 4.81. The molecule has 1 fully saturated rings. The quantitative estimate of drug-likeness (QED) is 0.895. The number of hydrogen-bond donors (Lipinski definition) is 2. The molecule has 0 spiro atoms. The van der Waals surface area contributed by atoms with Gasteiger partial charge in [-0.15, -0.1) is 0 Å². The van der Waals surface area contributed by atoms with E-state index in [0.717, 1.165) is 25.7 Å². The van der Waals surface area contributed by atoms with Crippen molar-refractivity contribution in [2.75, 3.05) is 0 Å². The lowest BCUT2D eigenvalue weighted by Crippen LogP contribution is -2.44. The number of carbonyl (C=O) groups excluding carboxylic acids is 1. The van der Waals surface area contributed by atoms with Gasteiger partial charge in [0, 0.05) is 18.3 Å². The topological polar surface area (TPSA) is 72.9 Å². The number of aromatic nitrogens is 2. The summed E-state index contributed by atoms with van der Waals surface area (Å²) in [5.74, 6) is 0.641. The standard InChI is InChI=1S/C17H28N4O/c1-21-16-9-5-8-15(13(16)11-19-21)20-17(22)14(18)10-12-6-3-2-4-7-12/h11-12,14-15H,2-10,18H2,1H3,(H,20,22). The summed E-state index contributed by atoms with van der Waals surface area (Å²) < 4.78 is 1.93. The van der Waals surface area contributed by atoms with Crippen LogP contribution >= 0.6 is 0 Å². The summed E-state index contributed by atoms with van der Waals surface area (Å²) in [4.78, 5) is 12.4. The fourth-order valence-electron chi connectivity index (χ4n) is 4.02. The minimum Gasteiger partial charge on any atom is -0.348 e. The van der Waals surface area contributed by atoms with E-state index in [9.17, 15) is 4.79 Å². The van der Waals surface area contributed by atoms with E-state index in [1.165, 1.54) is 43.4 Å². The Bertz CT molecular complexity index is 519. The van der Waals surface area contributed by atoms with Gasteiger partial charge < -0.3 is 11.1 Å². The Morgan fingerprint density at radius 1 is 1.36 bits per heavy atom. The number of hydrogen-bond acceptors (Lipinski definition) is 3. The fraction of sp³-hybridized carbons (Fsp3) is 0.765. The van der Waals surface area contributed by atoms with Gasteiger partial charge in [-0.3, -0.25) is 9.48 Å². The number of aryl methyl sites for hydroxylation is 1. The molecular weight excluding hydrogens is 276 g/mol. The zero-order valence-electron chi connectivity index (χ0n) is 13.6. The molecule has 5 nitrogen and oxygen atoms in total. The lowest BCUT2D eigenvalue weighted by atomic mass is 9.84. The average Bonchev–Trinajstić information content (AvgIpc) is 2.91. The van der Waals surface area contributed by atoms with E-state index in [2.05, 4.69) is 10.4 Å². The Morgan fingerprint density at radius 2 is 2.14 bits per heavy atom. The van der Waals surface area contributed by atoms with E-state index >= 15 is 0 Å². The summed E-state index contributed by atoms with van der Waals surface area (Å²) in [5.41, 5.74) is 8.58. The molecule has 2 aliphatic carbocycles. The second-order valence-electron chi connectivity index (χ2n) is 6.97. The Hall–Kier alpha value is -1.36. The fourth-order valence-corrected chi connectivity index (χ4v) is 4.02. The van der Waals surface area contributed by atoms with Crippen molar-refractivity contribution < 1.29 is 4.79 Å². The second-order valence-corrected chi connectivity index (χ2v) is 6.97. The zero-order valence-corrected chi connectivity index (χ0v) is 13.6. The van der Waals surface area contributed by atoms with Crippen molar-refractivity contribution in [1.29, 1.82) is 0 Å². The third kappa shape index (κ3) is 3.35. The van der Waals surface area contributed by atoms with Crippen LogP contribution in [0.3, 0.4) is 0 Å². The molecule has 3 rings (SSSR count). The Morgan fingerprint density at radius 3 is 2.91 bits per heavy atom. The first-order chi connectivity index (χ1) is 10.6. The number of rotatable bonds is 4. The molecule has 5 heteroatoms. The van der Waals surface area contributed by atoms with Crippen LogP contribution in [0.4, 0.5) is 0 Å². The highest BCUT2D eigenvalue weighted by Gasteiger charge is 2.27. The van der Waals surface area contributed by atoms with Gasteiger partial charge in [-0.1, -0.05) is 32.1 Å². The van der Waals surface area contributed by atoms with E-state index in [4.69, 9.17) is 5.73 Å². The van der Waals surface area contributed by atoms with Gasteiger partial charge in [0.05, 0.1) is 18.3 Å². The first-order valence-corrected chi connectivity index (χ1v) is 8.72. The third-order valence-electron chi connectivity index (χ3n) is 5.34. The molecular formula is C17H28N4O. The summed E-state index contributed by atoms with van der Waals surface area (Å²) in [6, 6.07) is -0.285. The molecule has 1 heterocycles. The van der Waals surface area contributed by atoms with Gasteiger partial charge in [-0.25, -0.2) is 0 Å². The molecule has 2 aliphatic rings. The number of nitrogens with two attached hydrogens (primary N) is 1. The first-order valence-electron chi connectivity index (χ1n) is 8.72. The van der Waals surface area contributed by atoms with Gasteiger partial charge >= 0.3 is 0 Å². The van der Waals surface area contributed by atoms with Crippen LogP contribution in [-0.4, -0.2) is 21.7 Å². The minimum atomic E-state index is -0.370.